The molecule has 0 aromatic carbocycles. The monoisotopic (exact) mass is 188 g/mol. The second kappa shape index (κ2) is 3.99. The van der Waals surface area contributed by atoms with E-state index >= 15 is 0 Å². The Bertz CT molecular complexity index is 234. The molecule has 0 spiro atoms. The Morgan fingerprint density at radius 2 is 2.09 bits per heavy atom. The van der Waals surface area contributed by atoms with Gasteiger partial charge in [0.1, 0.15) is 0 Å². The molecular formula is C9H10Cl2. The van der Waals surface area contributed by atoms with Crippen molar-refractivity contribution in [3.63, 3.8) is 0 Å². The first-order valence-corrected chi connectivity index (χ1v) is 4.41. The van der Waals surface area contributed by atoms with Gasteiger partial charge in [0.2, 0.25) is 0 Å². The van der Waals surface area contributed by atoms with Gasteiger partial charge in [-0.05, 0) is 25.0 Å². The lowest BCUT2D eigenvalue weighted by Gasteiger charge is -1.96. The maximum absolute atomic E-state index is 5.87. The Balaban J connectivity index is 2.92. The highest BCUT2D eigenvalue weighted by Gasteiger charge is 2.01. The van der Waals surface area contributed by atoms with E-state index in [0.29, 0.717) is 10.1 Å². The molecule has 1 aliphatic carbocycles. The van der Waals surface area contributed by atoms with Crippen molar-refractivity contribution in [2.24, 2.45) is 0 Å². The van der Waals surface area contributed by atoms with Gasteiger partial charge in [-0.2, -0.15) is 0 Å². The summed E-state index contributed by atoms with van der Waals surface area (Å²) in [5, 5.41) is 1.28. The van der Waals surface area contributed by atoms with Crippen molar-refractivity contribution < 1.29 is 0 Å². The first kappa shape index (κ1) is 8.89. The van der Waals surface area contributed by atoms with Gasteiger partial charge in [0.25, 0.3) is 0 Å². The summed E-state index contributed by atoms with van der Waals surface area (Å²) >= 11 is 11.7. The Kier molecular flexibility index (Phi) is 3.22. The molecule has 0 aromatic heterocycles. The highest BCUT2D eigenvalue weighted by atomic mass is 35.5. The first-order chi connectivity index (χ1) is 5.24. The maximum atomic E-state index is 5.87. The van der Waals surface area contributed by atoms with E-state index in [1.54, 1.807) is 0 Å². The molecule has 0 N–H and O–H groups in total. The molecule has 0 saturated heterocycles. The zero-order chi connectivity index (χ0) is 8.27. The summed E-state index contributed by atoms with van der Waals surface area (Å²) < 4.78 is 0. The van der Waals surface area contributed by atoms with Crippen molar-refractivity contribution >= 4 is 23.2 Å². The summed E-state index contributed by atoms with van der Waals surface area (Å²) in [7, 11) is 0. The van der Waals surface area contributed by atoms with Crippen molar-refractivity contribution in [2.75, 3.05) is 0 Å². The average Bonchev–Trinajstić information content (AvgIpc) is 2.15. The van der Waals surface area contributed by atoms with Gasteiger partial charge in [0.15, 0.2) is 0 Å². The molecule has 0 aromatic rings. The number of rotatable bonds is 1. The maximum Gasteiger partial charge on any atom is 0.0591 e. The molecule has 11 heavy (non-hydrogen) atoms. The number of hydrogen-bond acceptors (Lipinski definition) is 0. The Hall–Kier alpha value is -0.200. The minimum atomic E-state index is 0.634. The Morgan fingerprint density at radius 1 is 1.36 bits per heavy atom. The summed E-state index contributed by atoms with van der Waals surface area (Å²) in [6.45, 7) is 2.11. The molecule has 0 atom stereocenters. The van der Waals surface area contributed by atoms with Crippen LogP contribution in [0.2, 0.25) is 0 Å². The molecule has 2 heteroatoms. The minimum Gasteiger partial charge on any atom is -0.0827 e. The zero-order valence-corrected chi connectivity index (χ0v) is 7.91. The van der Waals surface area contributed by atoms with Crippen molar-refractivity contribution in [3.05, 3.63) is 33.9 Å². The third kappa shape index (κ3) is 2.39. The fourth-order valence-electron chi connectivity index (χ4n) is 0.947. The number of hydrogen-bond donors (Lipinski definition) is 0. The lowest BCUT2D eigenvalue weighted by molar-refractivity contribution is 1.03. The fraction of sp³-hybridized carbons (Fsp3) is 0.333. The molecule has 0 amide bonds. The van der Waals surface area contributed by atoms with Gasteiger partial charge in [0.05, 0.1) is 10.1 Å². The van der Waals surface area contributed by atoms with Crippen LogP contribution in [-0.2, 0) is 0 Å². The van der Waals surface area contributed by atoms with E-state index < -0.39 is 0 Å². The summed E-state index contributed by atoms with van der Waals surface area (Å²) in [5.74, 6) is 0. The molecule has 0 radical (unpaired) electrons. The van der Waals surface area contributed by atoms with Gasteiger partial charge in [-0.15, -0.1) is 0 Å². The average molecular weight is 189 g/mol. The Morgan fingerprint density at radius 3 is 2.73 bits per heavy atom. The molecule has 0 fully saturated rings. The van der Waals surface area contributed by atoms with Gasteiger partial charge in [-0.3, -0.25) is 0 Å². The molecular weight excluding hydrogens is 179 g/mol. The van der Waals surface area contributed by atoms with Crippen LogP contribution in [0.5, 0.6) is 0 Å². The summed E-state index contributed by atoms with van der Waals surface area (Å²) in [4.78, 5) is 0. The normalized spacial score (nSPS) is 18.3. The second-order valence-corrected chi connectivity index (χ2v) is 3.27. The number of allylic oxidation sites excluding steroid dienone is 6. The van der Waals surface area contributed by atoms with Gasteiger partial charge in [0, 0.05) is 0 Å². The highest BCUT2D eigenvalue weighted by Crippen LogP contribution is 2.24. The van der Waals surface area contributed by atoms with Gasteiger partial charge in [-0.25, -0.2) is 0 Å². The van der Waals surface area contributed by atoms with E-state index in [4.69, 9.17) is 23.2 Å². The molecule has 0 heterocycles. The van der Waals surface area contributed by atoms with Crippen LogP contribution in [0.15, 0.2) is 33.9 Å². The van der Waals surface area contributed by atoms with Gasteiger partial charge < -0.3 is 0 Å². The topological polar surface area (TPSA) is 0 Å². The molecule has 0 aliphatic heterocycles. The van der Waals surface area contributed by atoms with E-state index in [-0.39, 0.29) is 0 Å². The Labute approximate surface area is 77.2 Å². The molecule has 0 saturated carbocycles. The lowest BCUT2D eigenvalue weighted by Crippen LogP contribution is -1.76. The van der Waals surface area contributed by atoms with Crippen LogP contribution in [0.25, 0.3) is 0 Å². The quantitative estimate of drug-likeness (QED) is 0.585. The zero-order valence-electron chi connectivity index (χ0n) is 6.40. The smallest absolute Gasteiger partial charge is 0.0591 e. The summed E-state index contributed by atoms with van der Waals surface area (Å²) in [6.07, 6.45) is 7.83. The molecule has 0 bridgehead atoms. The molecule has 1 aliphatic rings. The fourth-order valence-corrected chi connectivity index (χ4v) is 1.31. The van der Waals surface area contributed by atoms with Crippen LogP contribution in [0.3, 0.4) is 0 Å². The summed E-state index contributed by atoms with van der Waals surface area (Å²) in [6, 6.07) is 0. The van der Waals surface area contributed by atoms with Crippen LogP contribution in [-0.4, -0.2) is 0 Å². The van der Waals surface area contributed by atoms with E-state index in [2.05, 4.69) is 6.92 Å². The van der Waals surface area contributed by atoms with Gasteiger partial charge in [-0.1, -0.05) is 41.8 Å². The SMILES string of the molecule is CCC1=CC(Cl)=C(Cl)C=CC1. The van der Waals surface area contributed by atoms with Crippen molar-refractivity contribution in [1.82, 2.24) is 0 Å². The molecule has 1 rings (SSSR count). The minimum absolute atomic E-state index is 0.634. The van der Waals surface area contributed by atoms with Crippen molar-refractivity contribution in [2.45, 2.75) is 19.8 Å². The lowest BCUT2D eigenvalue weighted by atomic mass is 10.1. The molecule has 0 nitrogen and oxygen atoms in total. The van der Waals surface area contributed by atoms with Crippen LogP contribution >= 0.6 is 23.2 Å². The van der Waals surface area contributed by atoms with E-state index in [0.717, 1.165) is 12.8 Å². The van der Waals surface area contributed by atoms with E-state index in [1.807, 2.05) is 18.2 Å². The van der Waals surface area contributed by atoms with Crippen molar-refractivity contribution in [1.29, 1.82) is 0 Å². The predicted octanol–water partition coefficient (Wildman–Crippen LogP) is 3.97. The largest absolute Gasteiger partial charge is 0.0827 e. The molecule has 0 unspecified atom stereocenters. The predicted molar refractivity (Wildman–Crippen MR) is 50.9 cm³/mol. The first-order valence-electron chi connectivity index (χ1n) is 3.65. The second-order valence-electron chi connectivity index (χ2n) is 2.46. The third-order valence-corrected chi connectivity index (χ3v) is 2.40. The third-order valence-electron chi connectivity index (χ3n) is 1.66. The van der Waals surface area contributed by atoms with E-state index in [1.165, 1.54) is 5.57 Å². The van der Waals surface area contributed by atoms with Gasteiger partial charge >= 0.3 is 0 Å². The summed E-state index contributed by atoms with van der Waals surface area (Å²) in [5.41, 5.74) is 1.32. The van der Waals surface area contributed by atoms with Crippen LogP contribution in [0.1, 0.15) is 19.8 Å². The van der Waals surface area contributed by atoms with Crippen LogP contribution in [0.4, 0.5) is 0 Å². The molecule has 60 valence electrons. The number of halogens is 2. The standard InChI is InChI=1S/C9H10Cl2/c1-2-7-4-3-5-8(10)9(11)6-7/h3,5-6H,2,4H2,1H3. The van der Waals surface area contributed by atoms with Crippen LogP contribution in [0, 0.1) is 0 Å². The van der Waals surface area contributed by atoms with Crippen LogP contribution < -0.4 is 0 Å². The van der Waals surface area contributed by atoms with E-state index in [9.17, 15) is 0 Å². The van der Waals surface area contributed by atoms with Crippen molar-refractivity contribution in [3.8, 4) is 0 Å². The highest BCUT2D eigenvalue weighted by molar-refractivity contribution is 6.41.